The molecule has 0 bridgehead atoms. The Morgan fingerprint density at radius 3 is 2.75 bits per heavy atom. The van der Waals surface area contributed by atoms with Crippen molar-refractivity contribution in [3.05, 3.63) is 60.8 Å². The lowest BCUT2D eigenvalue weighted by molar-refractivity contribution is 0.792. The lowest BCUT2D eigenvalue weighted by atomic mass is 10.2. The summed E-state index contributed by atoms with van der Waals surface area (Å²) in [4.78, 5) is 11.0. The van der Waals surface area contributed by atoms with Crippen LogP contribution >= 0.6 is 0 Å². The Bertz CT molecular complexity index is 539. The molecule has 104 valence electrons. The Balaban J connectivity index is 2.12. The number of anilines is 2. The van der Waals surface area contributed by atoms with E-state index in [1.54, 1.807) is 6.20 Å². The Labute approximate surface area is 120 Å². The first-order valence-electron chi connectivity index (χ1n) is 6.80. The van der Waals surface area contributed by atoms with Gasteiger partial charge in [0.15, 0.2) is 0 Å². The van der Waals surface area contributed by atoms with Crippen molar-refractivity contribution in [2.45, 2.75) is 13.5 Å². The molecular weight excluding hydrogens is 248 g/mol. The Hall–Kier alpha value is -2.36. The predicted molar refractivity (Wildman–Crippen MR) is 83.9 cm³/mol. The Morgan fingerprint density at radius 2 is 2.05 bits per heavy atom. The average molecular weight is 268 g/mol. The van der Waals surface area contributed by atoms with Crippen LogP contribution in [0.3, 0.4) is 0 Å². The highest BCUT2D eigenvalue weighted by atomic mass is 15.3. The van der Waals surface area contributed by atoms with Gasteiger partial charge in [0.2, 0.25) is 5.95 Å². The summed E-state index contributed by atoms with van der Waals surface area (Å²) in [6.07, 6.45) is 3.59. The van der Waals surface area contributed by atoms with Crippen LogP contribution in [0.5, 0.6) is 0 Å². The van der Waals surface area contributed by atoms with Gasteiger partial charge in [0.05, 0.1) is 0 Å². The molecule has 1 aromatic carbocycles. The van der Waals surface area contributed by atoms with Gasteiger partial charge in [-0.2, -0.15) is 4.98 Å². The summed E-state index contributed by atoms with van der Waals surface area (Å²) in [7, 11) is 0. The molecule has 0 aliphatic rings. The first kappa shape index (κ1) is 14.1. The van der Waals surface area contributed by atoms with Crippen molar-refractivity contribution in [2.75, 3.05) is 23.3 Å². The molecule has 0 amide bonds. The molecule has 20 heavy (non-hydrogen) atoms. The third-order valence-corrected chi connectivity index (χ3v) is 2.95. The summed E-state index contributed by atoms with van der Waals surface area (Å²) < 4.78 is 0. The van der Waals surface area contributed by atoms with Gasteiger partial charge in [-0.3, -0.25) is 0 Å². The van der Waals surface area contributed by atoms with Crippen LogP contribution in [0.15, 0.2) is 55.3 Å². The molecule has 2 aromatic rings. The van der Waals surface area contributed by atoms with Crippen LogP contribution in [0.25, 0.3) is 0 Å². The molecule has 0 fully saturated rings. The standard InChI is InChI=1S/C16H20N4/c1-3-11-17-15-10-12-18-16(19-15)20(4-2)13-14-8-6-5-7-9-14/h3,5-10,12H,1,4,11,13H2,2H3,(H,17,18,19). The van der Waals surface area contributed by atoms with E-state index in [2.05, 4.69) is 45.8 Å². The fraction of sp³-hybridized carbons (Fsp3) is 0.250. The molecular formula is C16H20N4. The number of rotatable bonds is 7. The summed E-state index contributed by atoms with van der Waals surface area (Å²) in [6.45, 7) is 8.16. The fourth-order valence-electron chi connectivity index (χ4n) is 1.90. The van der Waals surface area contributed by atoms with Gasteiger partial charge in [-0.25, -0.2) is 4.98 Å². The van der Waals surface area contributed by atoms with Crippen molar-refractivity contribution in [2.24, 2.45) is 0 Å². The normalized spacial score (nSPS) is 10.1. The van der Waals surface area contributed by atoms with Gasteiger partial charge in [0.1, 0.15) is 5.82 Å². The summed E-state index contributed by atoms with van der Waals surface area (Å²) in [5.74, 6) is 1.56. The van der Waals surface area contributed by atoms with Gasteiger partial charge in [-0.1, -0.05) is 36.4 Å². The molecule has 4 heteroatoms. The van der Waals surface area contributed by atoms with E-state index in [1.807, 2.05) is 30.3 Å². The number of benzene rings is 1. The zero-order chi connectivity index (χ0) is 14.2. The summed E-state index contributed by atoms with van der Waals surface area (Å²) >= 11 is 0. The molecule has 0 atom stereocenters. The molecule has 0 spiro atoms. The first-order chi connectivity index (χ1) is 9.83. The maximum absolute atomic E-state index is 4.53. The molecule has 1 aromatic heterocycles. The van der Waals surface area contributed by atoms with Crippen molar-refractivity contribution >= 4 is 11.8 Å². The van der Waals surface area contributed by atoms with Gasteiger partial charge in [-0.15, -0.1) is 6.58 Å². The van der Waals surface area contributed by atoms with E-state index in [9.17, 15) is 0 Å². The number of hydrogen-bond acceptors (Lipinski definition) is 4. The third kappa shape index (κ3) is 3.82. The smallest absolute Gasteiger partial charge is 0.227 e. The molecule has 2 rings (SSSR count). The number of nitrogens with one attached hydrogen (secondary N) is 1. The van der Waals surface area contributed by atoms with E-state index in [4.69, 9.17) is 0 Å². The summed E-state index contributed by atoms with van der Waals surface area (Å²) in [5.41, 5.74) is 1.25. The van der Waals surface area contributed by atoms with E-state index in [0.29, 0.717) is 6.54 Å². The molecule has 0 unspecified atom stereocenters. The minimum Gasteiger partial charge on any atom is -0.366 e. The average Bonchev–Trinajstić information content (AvgIpc) is 2.52. The highest BCUT2D eigenvalue weighted by Crippen LogP contribution is 2.14. The predicted octanol–water partition coefficient (Wildman–Crippen LogP) is 3.10. The van der Waals surface area contributed by atoms with Crippen molar-refractivity contribution in [3.63, 3.8) is 0 Å². The Kier molecular flexibility index (Phi) is 5.12. The van der Waals surface area contributed by atoms with Crippen LogP contribution in [0.1, 0.15) is 12.5 Å². The van der Waals surface area contributed by atoms with Crippen molar-refractivity contribution < 1.29 is 0 Å². The second kappa shape index (κ2) is 7.28. The molecule has 0 aliphatic heterocycles. The second-order valence-electron chi connectivity index (χ2n) is 4.41. The van der Waals surface area contributed by atoms with Gasteiger partial charge < -0.3 is 10.2 Å². The van der Waals surface area contributed by atoms with Crippen LogP contribution < -0.4 is 10.2 Å². The molecule has 0 saturated carbocycles. The molecule has 0 radical (unpaired) electrons. The number of aromatic nitrogens is 2. The van der Waals surface area contributed by atoms with Crippen LogP contribution in [-0.4, -0.2) is 23.1 Å². The second-order valence-corrected chi connectivity index (χ2v) is 4.41. The number of nitrogens with zero attached hydrogens (tertiary/aromatic N) is 3. The molecule has 1 heterocycles. The molecule has 0 saturated heterocycles. The van der Waals surface area contributed by atoms with E-state index >= 15 is 0 Å². The number of hydrogen-bond donors (Lipinski definition) is 1. The minimum atomic E-state index is 0.696. The fourth-order valence-corrected chi connectivity index (χ4v) is 1.90. The van der Waals surface area contributed by atoms with E-state index in [-0.39, 0.29) is 0 Å². The van der Waals surface area contributed by atoms with Crippen LogP contribution in [0.4, 0.5) is 11.8 Å². The lowest BCUT2D eigenvalue weighted by Gasteiger charge is -2.21. The van der Waals surface area contributed by atoms with Crippen molar-refractivity contribution in [1.82, 2.24) is 9.97 Å². The topological polar surface area (TPSA) is 41.1 Å². The maximum atomic E-state index is 4.53. The molecule has 1 N–H and O–H groups in total. The van der Waals surface area contributed by atoms with Crippen molar-refractivity contribution in [3.8, 4) is 0 Å². The zero-order valence-corrected chi connectivity index (χ0v) is 11.8. The molecule has 0 aliphatic carbocycles. The third-order valence-electron chi connectivity index (χ3n) is 2.95. The summed E-state index contributed by atoms with van der Waals surface area (Å²) in [5, 5.41) is 3.18. The van der Waals surface area contributed by atoms with Crippen LogP contribution in [0.2, 0.25) is 0 Å². The monoisotopic (exact) mass is 268 g/mol. The van der Waals surface area contributed by atoms with Gasteiger partial charge in [0.25, 0.3) is 0 Å². The maximum Gasteiger partial charge on any atom is 0.227 e. The van der Waals surface area contributed by atoms with Gasteiger partial charge in [0, 0.05) is 25.8 Å². The Morgan fingerprint density at radius 1 is 1.25 bits per heavy atom. The highest BCUT2D eigenvalue weighted by Gasteiger charge is 2.08. The van der Waals surface area contributed by atoms with Gasteiger partial charge >= 0.3 is 0 Å². The first-order valence-corrected chi connectivity index (χ1v) is 6.80. The van der Waals surface area contributed by atoms with Crippen LogP contribution in [-0.2, 0) is 6.54 Å². The quantitative estimate of drug-likeness (QED) is 0.783. The SMILES string of the molecule is C=CCNc1ccnc(N(CC)Cc2ccccc2)n1. The lowest BCUT2D eigenvalue weighted by Crippen LogP contribution is -2.24. The van der Waals surface area contributed by atoms with Gasteiger partial charge in [-0.05, 0) is 18.6 Å². The summed E-state index contributed by atoms with van der Waals surface area (Å²) in [6, 6.07) is 12.2. The van der Waals surface area contributed by atoms with E-state index < -0.39 is 0 Å². The zero-order valence-electron chi connectivity index (χ0n) is 11.8. The molecule has 4 nitrogen and oxygen atoms in total. The van der Waals surface area contributed by atoms with E-state index in [1.165, 1.54) is 5.56 Å². The van der Waals surface area contributed by atoms with Crippen molar-refractivity contribution in [1.29, 1.82) is 0 Å². The van der Waals surface area contributed by atoms with Crippen LogP contribution in [0, 0.1) is 0 Å². The minimum absolute atomic E-state index is 0.696. The van der Waals surface area contributed by atoms with E-state index in [0.717, 1.165) is 24.9 Å². The highest BCUT2D eigenvalue weighted by molar-refractivity contribution is 5.42. The largest absolute Gasteiger partial charge is 0.366 e.